The summed E-state index contributed by atoms with van der Waals surface area (Å²) < 4.78 is 22.9. The topological polar surface area (TPSA) is 74.2 Å². The summed E-state index contributed by atoms with van der Waals surface area (Å²) in [5, 5.41) is 9.37. The van der Waals surface area contributed by atoms with E-state index in [1.165, 1.54) is 7.11 Å². The lowest BCUT2D eigenvalue weighted by atomic mass is 10.0. The summed E-state index contributed by atoms with van der Waals surface area (Å²) in [4.78, 5) is 11.4. The van der Waals surface area contributed by atoms with Gasteiger partial charge < -0.3 is 24.1 Å². The van der Waals surface area contributed by atoms with E-state index in [0.29, 0.717) is 6.61 Å². The maximum Gasteiger partial charge on any atom is 0.307 e. The van der Waals surface area contributed by atoms with Gasteiger partial charge in [0.2, 0.25) is 0 Å². The lowest BCUT2D eigenvalue weighted by Crippen LogP contribution is -2.49. The molecule has 2 aliphatic heterocycles. The second-order valence-electron chi connectivity index (χ2n) is 5.97. The summed E-state index contributed by atoms with van der Waals surface area (Å²) >= 11 is 0. The highest BCUT2D eigenvalue weighted by molar-refractivity contribution is 5.74. The van der Waals surface area contributed by atoms with Gasteiger partial charge >= 0.3 is 5.97 Å². The van der Waals surface area contributed by atoms with Gasteiger partial charge in [0.1, 0.15) is 6.10 Å². The number of rotatable bonds is 3. The normalized spacial score (nSPS) is 43.0. The highest BCUT2D eigenvalue weighted by Gasteiger charge is 2.68. The summed E-state index contributed by atoms with van der Waals surface area (Å²) in [5.74, 6) is -1.49. The van der Waals surface area contributed by atoms with E-state index in [1.807, 2.05) is 30.3 Å². The van der Waals surface area contributed by atoms with Crippen molar-refractivity contribution in [3.8, 4) is 0 Å². The monoisotopic (exact) mass is 306 g/mol. The molecular weight excluding hydrogens is 288 g/mol. The third-order valence-corrected chi connectivity index (χ3v) is 4.78. The zero-order valence-electron chi connectivity index (χ0n) is 12.1. The third kappa shape index (κ3) is 2.14. The zero-order valence-corrected chi connectivity index (χ0v) is 12.1. The molecule has 1 N–H and O–H groups in total. The van der Waals surface area contributed by atoms with Gasteiger partial charge in [0.25, 0.3) is 0 Å². The molecule has 0 aromatic heterocycles. The van der Waals surface area contributed by atoms with E-state index in [9.17, 15) is 9.90 Å². The number of carboxylic acids is 1. The molecule has 6 nitrogen and oxygen atoms in total. The molecular formula is C16H18O6. The van der Waals surface area contributed by atoms with Crippen LogP contribution in [0.2, 0.25) is 0 Å². The standard InChI is InChI=1S/C16H18O6/c1-19-16-12-10(11(12)14(17)18)13-9(21-16)7-20-15(22-13)8-5-3-2-4-6-8/h2-6,9-13,15-16H,7H2,1H3,(H,17,18)/t9-,10-,11+,12-,13-,15-,16+/m1/s1. The Morgan fingerprint density at radius 2 is 2.00 bits per heavy atom. The minimum Gasteiger partial charge on any atom is -0.481 e. The molecule has 3 fully saturated rings. The van der Waals surface area contributed by atoms with Crippen LogP contribution in [0.5, 0.6) is 0 Å². The van der Waals surface area contributed by atoms with Crippen molar-refractivity contribution in [3.63, 3.8) is 0 Å². The largest absolute Gasteiger partial charge is 0.481 e. The van der Waals surface area contributed by atoms with Crippen molar-refractivity contribution >= 4 is 5.97 Å². The predicted molar refractivity (Wildman–Crippen MR) is 73.8 cm³/mol. The minimum absolute atomic E-state index is 0.0729. The molecule has 3 aliphatic rings. The van der Waals surface area contributed by atoms with Gasteiger partial charge in [-0.2, -0.15) is 0 Å². The molecule has 0 spiro atoms. The van der Waals surface area contributed by atoms with Crippen LogP contribution in [0.25, 0.3) is 0 Å². The molecule has 2 saturated heterocycles. The number of carbonyl (C=O) groups is 1. The molecule has 1 aromatic carbocycles. The van der Waals surface area contributed by atoms with Crippen molar-refractivity contribution in [2.75, 3.05) is 13.7 Å². The van der Waals surface area contributed by atoms with Crippen LogP contribution in [0.3, 0.4) is 0 Å². The molecule has 0 bridgehead atoms. The van der Waals surface area contributed by atoms with Crippen molar-refractivity contribution < 1.29 is 28.8 Å². The molecule has 118 valence electrons. The first-order valence-corrected chi connectivity index (χ1v) is 7.44. The number of methoxy groups -OCH3 is 1. The van der Waals surface area contributed by atoms with Crippen LogP contribution in [0.1, 0.15) is 11.9 Å². The van der Waals surface area contributed by atoms with Gasteiger partial charge in [0.05, 0.1) is 18.6 Å². The van der Waals surface area contributed by atoms with Gasteiger partial charge in [-0.1, -0.05) is 30.3 Å². The summed E-state index contributed by atoms with van der Waals surface area (Å²) in [6.45, 7) is 0.375. The summed E-state index contributed by atoms with van der Waals surface area (Å²) in [6, 6.07) is 9.65. The Bertz CT molecular complexity index is 561. The highest BCUT2D eigenvalue weighted by atomic mass is 16.7. The fraction of sp³-hybridized carbons (Fsp3) is 0.562. The lowest BCUT2D eigenvalue weighted by Gasteiger charge is -2.41. The van der Waals surface area contributed by atoms with Crippen molar-refractivity contribution in [2.24, 2.45) is 17.8 Å². The van der Waals surface area contributed by atoms with Gasteiger partial charge in [-0.3, -0.25) is 4.79 Å². The van der Waals surface area contributed by atoms with Crippen LogP contribution in [-0.2, 0) is 23.7 Å². The first-order chi connectivity index (χ1) is 10.7. The predicted octanol–water partition coefficient (Wildman–Crippen LogP) is 1.42. The van der Waals surface area contributed by atoms with E-state index < -0.39 is 24.5 Å². The molecule has 2 heterocycles. The number of hydrogen-bond donors (Lipinski definition) is 1. The number of fused-ring (bicyclic) bond motifs is 3. The molecule has 22 heavy (non-hydrogen) atoms. The van der Waals surface area contributed by atoms with Crippen LogP contribution in [-0.4, -0.2) is 43.3 Å². The molecule has 0 unspecified atom stereocenters. The maximum absolute atomic E-state index is 11.4. The molecule has 0 amide bonds. The van der Waals surface area contributed by atoms with Crippen LogP contribution >= 0.6 is 0 Å². The molecule has 1 aromatic rings. The fourth-order valence-corrected chi connectivity index (χ4v) is 3.73. The second kappa shape index (κ2) is 5.31. The van der Waals surface area contributed by atoms with E-state index in [-0.39, 0.29) is 24.0 Å². The van der Waals surface area contributed by atoms with Gasteiger partial charge in [0.15, 0.2) is 12.6 Å². The number of aliphatic carboxylic acids is 1. The smallest absolute Gasteiger partial charge is 0.307 e. The highest BCUT2D eigenvalue weighted by Crippen LogP contribution is 2.58. The lowest BCUT2D eigenvalue weighted by molar-refractivity contribution is -0.316. The maximum atomic E-state index is 11.4. The van der Waals surface area contributed by atoms with Gasteiger partial charge in [-0.05, 0) is 0 Å². The van der Waals surface area contributed by atoms with E-state index in [4.69, 9.17) is 18.9 Å². The zero-order chi connectivity index (χ0) is 15.3. The quantitative estimate of drug-likeness (QED) is 0.910. The van der Waals surface area contributed by atoms with Gasteiger partial charge in [0, 0.05) is 24.5 Å². The molecule has 1 aliphatic carbocycles. The molecule has 0 radical (unpaired) electrons. The first-order valence-electron chi connectivity index (χ1n) is 7.44. The van der Waals surface area contributed by atoms with Crippen molar-refractivity contribution in [2.45, 2.75) is 24.8 Å². The Kier molecular flexibility index (Phi) is 3.41. The van der Waals surface area contributed by atoms with Gasteiger partial charge in [-0.25, -0.2) is 0 Å². The number of carboxylic acid groups (broad SMARTS) is 1. The Morgan fingerprint density at radius 1 is 1.23 bits per heavy atom. The molecule has 4 rings (SSSR count). The van der Waals surface area contributed by atoms with Crippen LogP contribution in [0.4, 0.5) is 0 Å². The number of hydrogen-bond acceptors (Lipinski definition) is 5. The van der Waals surface area contributed by atoms with Crippen LogP contribution < -0.4 is 0 Å². The second-order valence-corrected chi connectivity index (χ2v) is 5.97. The van der Waals surface area contributed by atoms with Crippen molar-refractivity contribution in [1.29, 1.82) is 0 Å². The summed E-state index contributed by atoms with van der Waals surface area (Å²) in [7, 11) is 1.54. The SMILES string of the molecule is CO[C@H]1O[C@@H]2CO[C@@H](c3ccccc3)O[C@H]2[C@@H]2[C@H](C(=O)O)[C@H]12. The minimum atomic E-state index is -0.812. The number of ether oxygens (including phenoxy) is 4. The van der Waals surface area contributed by atoms with E-state index in [1.54, 1.807) is 0 Å². The molecule has 6 heteroatoms. The fourth-order valence-electron chi connectivity index (χ4n) is 3.73. The third-order valence-electron chi connectivity index (χ3n) is 4.78. The van der Waals surface area contributed by atoms with E-state index in [0.717, 1.165) is 5.56 Å². The average molecular weight is 306 g/mol. The molecule has 7 atom stereocenters. The Balaban J connectivity index is 1.55. The van der Waals surface area contributed by atoms with Crippen LogP contribution in [0.15, 0.2) is 30.3 Å². The summed E-state index contributed by atoms with van der Waals surface area (Å²) in [5.41, 5.74) is 0.930. The van der Waals surface area contributed by atoms with E-state index in [2.05, 4.69) is 0 Å². The molecule has 1 saturated carbocycles. The Labute approximate surface area is 127 Å². The van der Waals surface area contributed by atoms with Crippen molar-refractivity contribution in [3.05, 3.63) is 35.9 Å². The van der Waals surface area contributed by atoms with Crippen LogP contribution in [0, 0.1) is 17.8 Å². The Morgan fingerprint density at radius 3 is 2.68 bits per heavy atom. The summed E-state index contributed by atoms with van der Waals surface area (Å²) in [6.07, 6.45) is -1.51. The first kappa shape index (κ1) is 14.1. The van der Waals surface area contributed by atoms with Gasteiger partial charge in [-0.15, -0.1) is 0 Å². The Hall–Kier alpha value is -1.47. The van der Waals surface area contributed by atoms with E-state index >= 15 is 0 Å². The number of benzene rings is 1. The van der Waals surface area contributed by atoms with Crippen molar-refractivity contribution in [1.82, 2.24) is 0 Å². The average Bonchev–Trinajstić information content (AvgIpc) is 3.30.